The van der Waals surface area contributed by atoms with Crippen LogP contribution in [0.15, 0.2) is 30.5 Å². The number of hydrogen-bond donors (Lipinski definition) is 4. The second-order valence-corrected chi connectivity index (χ2v) is 5.09. The first-order chi connectivity index (χ1) is 10.7. The molecule has 0 bridgehead atoms. The highest BCUT2D eigenvalue weighted by atomic mass is 19.1. The zero-order chi connectivity index (χ0) is 17.3. The van der Waals surface area contributed by atoms with E-state index in [-0.39, 0.29) is 17.6 Å². The van der Waals surface area contributed by atoms with Crippen LogP contribution in [0.25, 0.3) is 5.57 Å². The first-order valence-corrected chi connectivity index (χ1v) is 6.63. The molecule has 0 amide bonds. The Morgan fingerprint density at radius 1 is 1.35 bits per heavy atom. The fraction of sp³-hybridized carbons (Fsp3) is 0.267. The summed E-state index contributed by atoms with van der Waals surface area (Å²) >= 11 is 0. The Morgan fingerprint density at radius 3 is 2.43 bits per heavy atom. The van der Waals surface area contributed by atoms with Gasteiger partial charge in [-0.1, -0.05) is 6.08 Å². The van der Waals surface area contributed by atoms with Crippen LogP contribution in [0, 0.1) is 11.6 Å². The van der Waals surface area contributed by atoms with Gasteiger partial charge in [-0.25, -0.2) is 13.6 Å². The van der Waals surface area contributed by atoms with Crippen LogP contribution in [-0.2, 0) is 9.53 Å². The van der Waals surface area contributed by atoms with Crippen molar-refractivity contribution in [1.29, 1.82) is 0 Å². The van der Waals surface area contributed by atoms with E-state index < -0.39 is 47.4 Å². The van der Waals surface area contributed by atoms with E-state index in [1.165, 1.54) is 6.08 Å². The number of carboxylic acids is 1. The number of carbonyl (C=O) groups is 1. The van der Waals surface area contributed by atoms with E-state index in [4.69, 9.17) is 20.7 Å². The Hall–Kier alpha value is -2.45. The van der Waals surface area contributed by atoms with Crippen LogP contribution in [0.4, 0.5) is 8.78 Å². The number of carboxylic acid groups (broad SMARTS) is 1. The average Bonchev–Trinajstić information content (AvgIpc) is 2.48. The molecular weight excluding hydrogens is 312 g/mol. The minimum atomic E-state index is -1.41. The number of halogens is 2. The van der Waals surface area contributed by atoms with E-state index in [1.54, 1.807) is 0 Å². The third-order valence-electron chi connectivity index (χ3n) is 3.54. The summed E-state index contributed by atoms with van der Waals surface area (Å²) in [4.78, 5) is 10.8. The molecule has 5 N–H and O–H groups in total. The molecule has 0 spiro atoms. The number of hydrogen-bond acceptors (Lipinski definition) is 5. The molecule has 2 rings (SSSR count). The molecule has 1 aliphatic rings. The van der Waals surface area contributed by atoms with Crippen molar-refractivity contribution in [2.75, 3.05) is 0 Å². The van der Waals surface area contributed by atoms with Crippen molar-refractivity contribution in [3.8, 4) is 5.75 Å². The summed E-state index contributed by atoms with van der Waals surface area (Å²) in [7, 11) is 0. The molecule has 124 valence electrons. The maximum absolute atomic E-state index is 13.5. The van der Waals surface area contributed by atoms with Gasteiger partial charge in [0.05, 0.1) is 12.1 Å². The third kappa shape index (κ3) is 3.33. The minimum absolute atomic E-state index is 0.0463. The Kier molecular flexibility index (Phi) is 4.67. The summed E-state index contributed by atoms with van der Waals surface area (Å²) in [5.41, 5.74) is 6.26. The van der Waals surface area contributed by atoms with Gasteiger partial charge in [0.15, 0.2) is 23.1 Å². The average molecular weight is 327 g/mol. The highest BCUT2D eigenvalue weighted by molar-refractivity contribution is 5.83. The van der Waals surface area contributed by atoms with Gasteiger partial charge in [-0.15, -0.1) is 0 Å². The van der Waals surface area contributed by atoms with Gasteiger partial charge >= 0.3 is 5.97 Å². The van der Waals surface area contributed by atoms with Crippen molar-refractivity contribution in [2.45, 2.75) is 24.7 Å². The standard InChI is InChI=1S/C15H15F2NO5/c1-6(15(21)22)23-14-11(19)3-2-8(12(14)18)7-4-9(16)13(20)10(17)5-7/h2,4-5,11-12,14,19-20H,1,3,18H2,(H,21,22)/t11-,12+,14+/m1/s1. The lowest BCUT2D eigenvalue weighted by Crippen LogP contribution is -2.48. The molecule has 1 aromatic rings. The van der Waals surface area contributed by atoms with E-state index in [0.29, 0.717) is 0 Å². The van der Waals surface area contributed by atoms with Crippen LogP contribution in [-0.4, -0.2) is 39.5 Å². The monoisotopic (exact) mass is 327 g/mol. The highest BCUT2D eigenvalue weighted by Crippen LogP contribution is 2.32. The molecule has 0 aromatic heterocycles. The SMILES string of the molecule is C=C(O[C@H]1[C@H](O)CC=C(c2cc(F)c(O)c(F)c2)[C@@H]1N)C(=O)O. The van der Waals surface area contributed by atoms with Gasteiger partial charge in [0.2, 0.25) is 0 Å². The summed E-state index contributed by atoms with van der Waals surface area (Å²) in [5.74, 6) is -5.44. The summed E-state index contributed by atoms with van der Waals surface area (Å²) < 4.78 is 32.0. The van der Waals surface area contributed by atoms with Crippen LogP contribution in [0.3, 0.4) is 0 Å². The van der Waals surface area contributed by atoms with Gasteiger partial charge in [-0.3, -0.25) is 0 Å². The molecule has 0 fully saturated rings. The third-order valence-corrected chi connectivity index (χ3v) is 3.54. The number of benzene rings is 1. The number of aromatic hydroxyl groups is 1. The predicted octanol–water partition coefficient (Wildman–Crippen LogP) is 1.13. The van der Waals surface area contributed by atoms with Crippen molar-refractivity contribution in [3.05, 3.63) is 47.7 Å². The summed E-state index contributed by atoms with van der Waals surface area (Å²) in [5, 5.41) is 27.8. The van der Waals surface area contributed by atoms with Crippen LogP contribution in [0.2, 0.25) is 0 Å². The van der Waals surface area contributed by atoms with E-state index in [1.807, 2.05) is 0 Å². The van der Waals surface area contributed by atoms with E-state index >= 15 is 0 Å². The van der Waals surface area contributed by atoms with E-state index in [0.717, 1.165) is 12.1 Å². The van der Waals surface area contributed by atoms with Gasteiger partial charge in [-0.05, 0) is 36.3 Å². The Balaban J connectivity index is 2.33. The van der Waals surface area contributed by atoms with E-state index in [2.05, 4.69) is 6.58 Å². The number of phenols is 1. The number of ether oxygens (including phenoxy) is 1. The van der Waals surface area contributed by atoms with Crippen LogP contribution < -0.4 is 5.73 Å². The fourth-order valence-corrected chi connectivity index (χ4v) is 2.34. The quantitative estimate of drug-likeness (QED) is 0.487. The van der Waals surface area contributed by atoms with Gasteiger partial charge in [0, 0.05) is 0 Å². The molecule has 8 heteroatoms. The number of aliphatic carboxylic acids is 1. The molecule has 1 aromatic carbocycles. The van der Waals surface area contributed by atoms with E-state index in [9.17, 15) is 18.7 Å². The number of nitrogens with two attached hydrogens (primary N) is 1. The van der Waals surface area contributed by atoms with Crippen molar-refractivity contribution in [2.24, 2.45) is 5.73 Å². The van der Waals surface area contributed by atoms with Gasteiger partial charge in [0.1, 0.15) is 6.10 Å². The minimum Gasteiger partial charge on any atom is -0.503 e. The van der Waals surface area contributed by atoms with Crippen LogP contribution >= 0.6 is 0 Å². The van der Waals surface area contributed by atoms with Crippen molar-refractivity contribution in [3.63, 3.8) is 0 Å². The summed E-state index contributed by atoms with van der Waals surface area (Å²) in [6.07, 6.45) is -0.718. The molecule has 6 nitrogen and oxygen atoms in total. The molecular formula is C15H15F2NO5. The van der Waals surface area contributed by atoms with Gasteiger partial charge < -0.3 is 25.8 Å². The lowest BCUT2D eigenvalue weighted by molar-refractivity contribution is -0.139. The predicted molar refractivity (Wildman–Crippen MR) is 76.2 cm³/mol. The highest BCUT2D eigenvalue weighted by Gasteiger charge is 2.35. The van der Waals surface area contributed by atoms with Crippen molar-refractivity contribution >= 4 is 11.5 Å². The number of rotatable bonds is 4. The van der Waals surface area contributed by atoms with Crippen molar-refractivity contribution in [1.82, 2.24) is 0 Å². The summed E-state index contributed by atoms with van der Waals surface area (Å²) in [6.45, 7) is 3.19. The molecule has 23 heavy (non-hydrogen) atoms. The Morgan fingerprint density at radius 2 is 1.91 bits per heavy atom. The Bertz CT molecular complexity index is 665. The first-order valence-electron chi connectivity index (χ1n) is 6.63. The molecule has 1 aliphatic carbocycles. The molecule has 0 unspecified atom stereocenters. The summed E-state index contributed by atoms with van der Waals surface area (Å²) in [6, 6.07) is 0.744. The first kappa shape index (κ1) is 16.9. The van der Waals surface area contributed by atoms with Gasteiger partial charge in [-0.2, -0.15) is 0 Å². The molecule has 3 atom stereocenters. The molecule has 0 radical (unpaired) electrons. The Labute approximate surface area is 130 Å². The van der Waals surface area contributed by atoms with Crippen LogP contribution in [0.5, 0.6) is 5.75 Å². The smallest absolute Gasteiger partial charge is 0.370 e. The lowest BCUT2D eigenvalue weighted by atomic mass is 9.85. The molecule has 0 saturated heterocycles. The number of phenolic OH excluding ortho intramolecular Hbond substituents is 1. The maximum atomic E-state index is 13.5. The largest absolute Gasteiger partial charge is 0.503 e. The topological polar surface area (TPSA) is 113 Å². The maximum Gasteiger partial charge on any atom is 0.370 e. The second kappa shape index (κ2) is 6.35. The normalized spacial score (nSPS) is 24.0. The molecule has 0 aliphatic heterocycles. The fourth-order valence-electron chi connectivity index (χ4n) is 2.34. The number of aliphatic hydroxyl groups is 1. The molecule has 0 heterocycles. The van der Waals surface area contributed by atoms with Gasteiger partial charge in [0.25, 0.3) is 0 Å². The lowest BCUT2D eigenvalue weighted by Gasteiger charge is -2.34. The van der Waals surface area contributed by atoms with Crippen molar-refractivity contribution < 1.29 is 33.6 Å². The zero-order valence-corrected chi connectivity index (χ0v) is 11.9. The second-order valence-electron chi connectivity index (χ2n) is 5.09. The zero-order valence-electron chi connectivity index (χ0n) is 11.9. The molecule has 0 saturated carbocycles. The number of aliphatic hydroxyl groups excluding tert-OH is 1. The van der Waals surface area contributed by atoms with Crippen LogP contribution in [0.1, 0.15) is 12.0 Å².